The maximum absolute atomic E-state index is 12.2. The Morgan fingerprint density at radius 2 is 1.96 bits per heavy atom. The van der Waals surface area contributed by atoms with Crippen LogP contribution in [0.25, 0.3) is 0 Å². The number of rotatable bonds is 5. The van der Waals surface area contributed by atoms with E-state index >= 15 is 0 Å². The third-order valence-corrected chi connectivity index (χ3v) is 4.52. The van der Waals surface area contributed by atoms with E-state index in [1.54, 1.807) is 18.2 Å². The molecular formula is C19H23ClN4O2. The summed E-state index contributed by atoms with van der Waals surface area (Å²) < 4.78 is 5.60. The first-order valence-electron chi connectivity index (χ1n) is 8.81. The van der Waals surface area contributed by atoms with Gasteiger partial charge in [-0.1, -0.05) is 17.7 Å². The average Bonchev–Trinajstić information content (AvgIpc) is 2.63. The van der Waals surface area contributed by atoms with Crippen LogP contribution in [0.3, 0.4) is 0 Å². The summed E-state index contributed by atoms with van der Waals surface area (Å²) in [6.07, 6.45) is 3.54. The lowest BCUT2D eigenvalue weighted by atomic mass is 10.1. The molecule has 0 aliphatic carbocycles. The van der Waals surface area contributed by atoms with Gasteiger partial charge in [-0.15, -0.1) is 0 Å². The Balaban J connectivity index is 1.62. The Morgan fingerprint density at radius 1 is 1.19 bits per heavy atom. The first-order valence-corrected chi connectivity index (χ1v) is 9.18. The van der Waals surface area contributed by atoms with Gasteiger partial charge in [-0.3, -0.25) is 4.79 Å². The van der Waals surface area contributed by atoms with Crippen LogP contribution in [0.5, 0.6) is 5.88 Å². The SMILES string of the molecule is Cc1cc(OCC(=O)Nc2cc(Cl)ccc2C)nc(N2CCCCC2)n1. The van der Waals surface area contributed by atoms with E-state index in [0.717, 1.165) is 37.2 Å². The molecule has 1 aliphatic rings. The van der Waals surface area contributed by atoms with Gasteiger partial charge in [0.05, 0.1) is 0 Å². The van der Waals surface area contributed by atoms with Crippen molar-refractivity contribution in [2.75, 3.05) is 29.9 Å². The fourth-order valence-corrected chi connectivity index (χ4v) is 3.06. The van der Waals surface area contributed by atoms with Gasteiger partial charge in [-0.25, -0.2) is 4.98 Å². The average molecular weight is 375 g/mol. The summed E-state index contributed by atoms with van der Waals surface area (Å²) in [4.78, 5) is 23.3. The number of halogens is 1. The molecule has 1 aliphatic heterocycles. The Bertz CT molecular complexity index is 791. The zero-order valence-electron chi connectivity index (χ0n) is 15.1. The quantitative estimate of drug-likeness (QED) is 0.863. The van der Waals surface area contributed by atoms with Gasteiger partial charge in [0.2, 0.25) is 11.8 Å². The zero-order valence-corrected chi connectivity index (χ0v) is 15.8. The number of hydrogen-bond acceptors (Lipinski definition) is 5. The molecule has 1 saturated heterocycles. The Labute approximate surface area is 158 Å². The Hall–Kier alpha value is -2.34. The number of carbonyl (C=O) groups excluding carboxylic acids is 1. The van der Waals surface area contributed by atoms with Gasteiger partial charge < -0.3 is 15.0 Å². The number of nitrogens with zero attached hydrogens (tertiary/aromatic N) is 3. The molecule has 1 N–H and O–H groups in total. The van der Waals surface area contributed by atoms with Crippen molar-refractivity contribution in [1.82, 2.24) is 9.97 Å². The summed E-state index contributed by atoms with van der Waals surface area (Å²) in [7, 11) is 0. The number of aryl methyl sites for hydroxylation is 2. The van der Waals surface area contributed by atoms with Crippen LogP contribution in [0, 0.1) is 13.8 Å². The lowest BCUT2D eigenvalue weighted by molar-refractivity contribution is -0.118. The Kier molecular flexibility index (Phi) is 5.93. The smallest absolute Gasteiger partial charge is 0.262 e. The number of nitrogens with one attached hydrogen (secondary N) is 1. The van der Waals surface area contributed by atoms with Crippen molar-refractivity contribution in [3.8, 4) is 5.88 Å². The first kappa shape index (κ1) is 18.5. The molecule has 0 spiro atoms. The molecule has 6 nitrogen and oxygen atoms in total. The second-order valence-corrected chi connectivity index (χ2v) is 6.93. The molecule has 0 atom stereocenters. The Morgan fingerprint density at radius 3 is 2.73 bits per heavy atom. The second-order valence-electron chi connectivity index (χ2n) is 6.49. The van der Waals surface area contributed by atoms with Crippen molar-refractivity contribution in [3.63, 3.8) is 0 Å². The second kappa shape index (κ2) is 8.36. The maximum atomic E-state index is 12.2. The number of carbonyl (C=O) groups is 1. The predicted molar refractivity (Wildman–Crippen MR) is 103 cm³/mol. The molecule has 138 valence electrons. The standard InChI is InChI=1S/C19H23ClN4O2/c1-13-6-7-15(20)11-16(13)22-17(25)12-26-18-10-14(2)21-19(23-18)24-8-4-3-5-9-24/h6-7,10-11H,3-5,8-9,12H2,1-2H3,(H,22,25). The van der Waals surface area contributed by atoms with E-state index in [-0.39, 0.29) is 12.5 Å². The lowest BCUT2D eigenvalue weighted by Gasteiger charge is -2.26. The molecule has 1 fully saturated rings. The summed E-state index contributed by atoms with van der Waals surface area (Å²) in [6.45, 7) is 5.60. The molecule has 26 heavy (non-hydrogen) atoms. The molecule has 0 radical (unpaired) electrons. The van der Waals surface area contributed by atoms with Crippen LogP contribution in [-0.2, 0) is 4.79 Å². The van der Waals surface area contributed by atoms with Crippen LogP contribution in [0.2, 0.25) is 5.02 Å². The van der Waals surface area contributed by atoms with Crippen molar-refractivity contribution in [2.24, 2.45) is 0 Å². The van der Waals surface area contributed by atoms with Gasteiger partial charge >= 0.3 is 0 Å². The predicted octanol–water partition coefficient (Wildman–Crippen LogP) is 3.75. The van der Waals surface area contributed by atoms with Crippen molar-refractivity contribution < 1.29 is 9.53 Å². The summed E-state index contributed by atoms with van der Waals surface area (Å²) in [5.41, 5.74) is 2.44. The minimum atomic E-state index is -0.258. The van der Waals surface area contributed by atoms with Crippen molar-refractivity contribution in [3.05, 3.63) is 40.5 Å². The van der Waals surface area contributed by atoms with E-state index < -0.39 is 0 Å². The number of ether oxygens (including phenoxy) is 1. The first-order chi connectivity index (χ1) is 12.5. The van der Waals surface area contributed by atoms with E-state index in [2.05, 4.69) is 20.2 Å². The largest absolute Gasteiger partial charge is 0.467 e. The lowest BCUT2D eigenvalue weighted by Crippen LogP contribution is -2.31. The van der Waals surface area contributed by atoms with E-state index in [4.69, 9.17) is 16.3 Å². The fraction of sp³-hybridized carbons (Fsp3) is 0.421. The fourth-order valence-electron chi connectivity index (χ4n) is 2.89. The number of aromatic nitrogens is 2. The summed E-state index contributed by atoms with van der Waals surface area (Å²) in [5, 5.41) is 3.39. The van der Waals surface area contributed by atoms with Gasteiger partial charge in [-0.05, 0) is 50.8 Å². The van der Waals surface area contributed by atoms with E-state index in [9.17, 15) is 4.79 Å². The van der Waals surface area contributed by atoms with Crippen molar-refractivity contribution in [1.29, 1.82) is 0 Å². The van der Waals surface area contributed by atoms with Crippen LogP contribution < -0.4 is 15.0 Å². The minimum Gasteiger partial charge on any atom is -0.467 e. The molecule has 2 aromatic rings. The van der Waals surface area contributed by atoms with E-state index in [1.807, 2.05) is 19.9 Å². The highest BCUT2D eigenvalue weighted by Crippen LogP contribution is 2.21. The normalized spacial score (nSPS) is 14.2. The van der Waals surface area contributed by atoms with Crippen LogP contribution >= 0.6 is 11.6 Å². The molecule has 0 unspecified atom stereocenters. The number of benzene rings is 1. The van der Waals surface area contributed by atoms with E-state index in [0.29, 0.717) is 22.5 Å². The molecule has 0 saturated carbocycles. The monoisotopic (exact) mass is 374 g/mol. The van der Waals surface area contributed by atoms with Gasteiger partial charge in [-0.2, -0.15) is 4.98 Å². The highest BCUT2D eigenvalue weighted by Gasteiger charge is 2.15. The van der Waals surface area contributed by atoms with Crippen LogP contribution in [0.15, 0.2) is 24.3 Å². The summed E-state index contributed by atoms with van der Waals surface area (Å²) in [6, 6.07) is 7.11. The van der Waals surface area contributed by atoms with Gasteiger partial charge in [0.1, 0.15) is 0 Å². The molecular weight excluding hydrogens is 352 g/mol. The van der Waals surface area contributed by atoms with Gasteiger partial charge in [0, 0.05) is 35.6 Å². The van der Waals surface area contributed by atoms with Crippen LogP contribution in [-0.4, -0.2) is 35.6 Å². The van der Waals surface area contributed by atoms with E-state index in [1.165, 1.54) is 6.42 Å². The molecule has 1 aromatic heterocycles. The molecule has 2 heterocycles. The van der Waals surface area contributed by atoms with Gasteiger partial charge in [0.15, 0.2) is 6.61 Å². The van der Waals surface area contributed by atoms with Crippen LogP contribution in [0.1, 0.15) is 30.5 Å². The highest BCUT2D eigenvalue weighted by atomic mass is 35.5. The minimum absolute atomic E-state index is 0.123. The van der Waals surface area contributed by atoms with Crippen LogP contribution in [0.4, 0.5) is 11.6 Å². The third kappa shape index (κ3) is 4.85. The van der Waals surface area contributed by atoms with Gasteiger partial charge in [0.25, 0.3) is 5.91 Å². The highest BCUT2D eigenvalue weighted by molar-refractivity contribution is 6.31. The number of amides is 1. The summed E-state index contributed by atoms with van der Waals surface area (Å²) in [5.74, 6) is 0.827. The molecule has 1 amide bonds. The molecule has 0 bridgehead atoms. The number of anilines is 2. The third-order valence-electron chi connectivity index (χ3n) is 4.28. The topological polar surface area (TPSA) is 67.3 Å². The van der Waals surface area contributed by atoms with Crippen molar-refractivity contribution >= 4 is 29.1 Å². The molecule has 3 rings (SSSR count). The molecule has 7 heteroatoms. The number of hydrogen-bond donors (Lipinski definition) is 1. The molecule has 1 aromatic carbocycles. The summed E-state index contributed by atoms with van der Waals surface area (Å²) >= 11 is 5.98. The van der Waals surface area contributed by atoms with Crippen molar-refractivity contribution in [2.45, 2.75) is 33.1 Å². The number of piperidine rings is 1. The maximum Gasteiger partial charge on any atom is 0.262 e. The zero-order chi connectivity index (χ0) is 18.5.